The largest absolute Gasteiger partial charge is 0.388 e. The van der Waals surface area contributed by atoms with Crippen LogP contribution in [-0.4, -0.2) is 17.3 Å². The number of benzene rings is 1. The van der Waals surface area contributed by atoms with Gasteiger partial charge in [-0.3, -0.25) is 0 Å². The molecular formula is C11H14BrNO. The molecule has 0 radical (unpaired) electrons. The van der Waals surface area contributed by atoms with Crippen LogP contribution in [0.25, 0.3) is 0 Å². The maximum absolute atomic E-state index is 9.87. The fraction of sp³-hybridized carbons (Fsp3) is 0.455. The van der Waals surface area contributed by atoms with Crippen molar-refractivity contribution in [1.29, 1.82) is 0 Å². The Bertz CT molecular complexity index is 323. The number of hydrogen-bond donors (Lipinski definition) is 2. The fourth-order valence-electron chi connectivity index (χ4n) is 1.63. The third kappa shape index (κ3) is 2.28. The first kappa shape index (κ1) is 9.99. The molecular weight excluding hydrogens is 242 g/mol. The first-order valence-electron chi connectivity index (χ1n) is 4.90. The van der Waals surface area contributed by atoms with Crippen molar-refractivity contribution in [3.63, 3.8) is 0 Å². The van der Waals surface area contributed by atoms with E-state index < -0.39 is 5.60 Å². The fourth-order valence-corrected chi connectivity index (χ4v) is 2.03. The predicted octanol–water partition coefficient (Wildman–Crippen LogP) is 2.78. The van der Waals surface area contributed by atoms with Gasteiger partial charge >= 0.3 is 0 Å². The minimum absolute atomic E-state index is 0.456. The normalized spacial score (nSPS) is 18.7. The topological polar surface area (TPSA) is 32.3 Å². The Morgan fingerprint density at radius 3 is 2.79 bits per heavy atom. The SMILES string of the molecule is OC1(CNc2cccc(Br)c2)CCC1. The van der Waals surface area contributed by atoms with E-state index in [-0.39, 0.29) is 0 Å². The van der Waals surface area contributed by atoms with Crippen LogP contribution in [0.5, 0.6) is 0 Å². The van der Waals surface area contributed by atoms with Crippen LogP contribution in [0.15, 0.2) is 28.7 Å². The summed E-state index contributed by atoms with van der Waals surface area (Å²) in [7, 11) is 0. The highest BCUT2D eigenvalue weighted by atomic mass is 79.9. The number of nitrogens with one attached hydrogen (secondary N) is 1. The molecule has 0 aromatic heterocycles. The highest BCUT2D eigenvalue weighted by Crippen LogP contribution is 2.31. The van der Waals surface area contributed by atoms with Gasteiger partial charge in [-0.1, -0.05) is 22.0 Å². The van der Waals surface area contributed by atoms with Crippen LogP contribution in [0, 0.1) is 0 Å². The van der Waals surface area contributed by atoms with Crippen LogP contribution in [0.4, 0.5) is 5.69 Å². The summed E-state index contributed by atoms with van der Waals surface area (Å²) in [5.74, 6) is 0. The summed E-state index contributed by atoms with van der Waals surface area (Å²) in [6, 6.07) is 8.00. The average molecular weight is 256 g/mol. The summed E-state index contributed by atoms with van der Waals surface area (Å²) in [6.45, 7) is 0.656. The standard InChI is InChI=1S/C11H14BrNO/c12-9-3-1-4-10(7-9)13-8-11(14)5-2-6-11/h1,3-4,7,13-14H,2,5-6,8H2. The van der Waals surface area contributed by atoms with Crippen LogP contribution < -0.4 is 5.32 Å². The van der Waals surface area contributed by atoms with Crippen molar-refractivity contribution in [2.24, 2.45) is 0 Å². The van der Waals surface area contributed by atoms with E-state index in [1.807, 2.05) is 24.3 Å². The van der Waals surface area contributed by atoms with E-state index in [4.69, 9.17) is 0 Å². The van der Waals surface area contributed by atoms with Gasteiger partial charge in [-0.05, 0) is 37.5 Å². The lowest BCUT2D eigenvalue weighted by Crippen LogP contribution is -2.43. The summed E-state index contributed by atoms with van der Waals surface area (Å²) in [5.41, 5.74) is 0.599. The number of hydrogen-bond acceptors (Lipinski definition) is 2. The molecule has 14 heavy (non-hydrogen) atoms. The van der Waals surface area contributed by atoms with E-state index in [0.717, 1.165) is 29.4 Å². The zero-order chi connectivity index (χ0) is 10.0. The van der Waals surface area contributed by atoms with E-state index in [9.17, 15) is 5.11 Å². The second-order valence-electron chi connectivity index (χ2n) is 3.94. The van der Waals surface area contributed by atoms with Crippen molar-refractivity contribution in [3.8, 4) is 0 Å². The van der Waals surface area contributed by atoms with Crippen molar-refractivity contribution < 1.29 is 5.11 Å². The van der Waals surface area contributed by atoms with Gasteiger partial charge in [0.2, 0.25) is 0 Å². The Morgan fingerprint density at radius 1 is 1.43 bits per heavy atom. The van der Waals surface area contributed by atoms with Gasteiger partial charge in [-0.15, -0.1) is 0 Å². The molecule has 2 N–H and O–H groups in total. The summed E-state index contributed by atoms with van der Waals surface area (Å²) in [5, 5.41) is 13.1. The molecule has 1 aromatic rings. The molecule has 0 aliphatic heterocycles. The van der Waals surface area contributed by atoms with Crippen LogP contribution in [-0.2, 0) is 0 Å². The molecule has 1 aliphatic carbocycles. The second kappa shape index (κ2) is 3.91. The smallest absolute Gasteiger partial charge is 0.0819 e. The molecule has 0 heterocycles. The van der Waals surface area contributed by atoms with E-state index in [0.29, 0.717) is 6.54 Å². The van der Waals surface area contributed by atoms with Gasteiger partial charge in [0.25, 0.3) is 0 Å². The van der Waals surface area contributed by atoms with Gasteiger partial charge in [0.1, 0.15) is 0 Å². The Labute approximate surface area is 92.5 Å². The van der Waals surface area contributed by atoms with Crippen LogP contribution in [0.2, 0.25) is 0 Å². The zero-order valence-corrected chi connectivity index (χ0v) is 9.55. The molecule has 0 atom stereocenters. The molecule has 0 spiro atoms. The summed E-state index contributed by atoms with van der Waals surface area (Å²) in [4.78, 5) is 0. The van der Waals surface area contributed by atoms with Gasteiger partial charge in [0.05, 0.1) is 5.60 Å². The van der Waals surface area contributed by atoms with Gasteiger partial charge in [0, 0.05) is 16.7 Å². The molecule has 2 rings (SSSR count). The maximum atomic E-state index is 9.87. The third-order valence-corrected chi connectivity index (χ3v) is 3.22. The monoisotopic (exact) mass is 255 g/mol. The summed E-state index contributed by atoms with van der Waals surface area (Å²) in [6.07, 6.45) is 3.00. The lowest BCUT2D eigenvalue weighted by atomic mass is 9.80. The Morgan fingerprint density at radius 2 is 2.21 bits per heavy atom. The van der Waals surface area contributed by atoms with Crippen molar-refractivity contribution in [2.45, 2.75) is 24.9 Å². The predicted molar refractivity (Wildman–Crippen MR) is 61.4 cm³/mol. The van der Waals surface area contributed by atoms with Gasteiger partial charge in [0.15, 0.2) is 0 Å². The lowest BCUT2D eigenvalue weighted by molar-refractivity contribution is -0.0201. The molecule has 1 saturated carbocycles. The molecule has 0 saturated heterocycles. The molecule has 1 aliphatic rings. The summed E-state index contributed by atoms with van der Waals surface area (Å²) < 4.78 is 1.06. The van der Waals surface area contributed by atoms with E-state index in [2.05, 4.69) is 21.2 Å². The molecule has 1 fully saturated rings. The van der Waals surface area contributed by atoms with Gasteiger partial charge in [-0.25, -0.2) is 0 Å². The average Bonchev–Trinajstić information content (AvgIpc) is 2.12. The highest BCUT2D eigenvalue weighted by molar-refractivity contribution is 9.10. The van der Waals surface area contributed by atoms with Crippen LogP contribution >= 0.6 is 15.9 Å². The molecule has 0 bridgehead atoms. The Hall–Kier alpha value is -0.540. The molecule has 3 heteroatoms. The number of rotatable bonds is 3. The minimum Gasteiger partial charge on any atom is -0.388 e. The van der Waals surface area contributed by atoms with Gasteiger partial charge in [-0.2, -0.15) is 0 Å². The van der Waals surface area contributed by atoms with Crippen molar-refractivity contribution in [1.82, 2.24) is 0 Å². The third-order valence-electron chi connectivity index (χ3n) is 2.73. The lowest BCUT2D eigenvalue weighted by Gasteiger charge is -2.36. The molecule has 2 nitrogen and oxygen atoms in total. The maximum Gasteiger partial charge on any atom is 0.0819 e. The molecule has 76 valence electrons. The molecule has 0 unspecified atom stereocenters. The Kier molecular flexibility index (Phi) is 2.79. The van der Waals surface area contributed by atoms with E-state index >= 15 is 0 Å². The van der Waals surface area contributed by atoms with Crippen LogP contribution in [0.3, 0.4) is 0 Å². The Balaban J connectivity index is 1.91. The quantitative estimate of drug-likeness (QED) is 0.871. The number of aliphatic hydroxyl groups is 1. The zero-order valence-electron chi connectivity index (χ0n) is 7.96. The van der Waals surface area contributed by atoms with E-state index in [1.165, 1.54) is 0 Å². The van der Waals surface area contributed by atoms with Crippen LogP contribution in [0.1, 0.15) is 19.3 Å². The first-order valence-corrected chi connectivity index (χ1v) is 5.69. The summed E-state index contributed by atoms with van der Waals surface area (Å²) >= 11 is 3.41. The highest BCUT2D eigenvalue weighted by Gasteiger charge is 2.33. The first-order chi connectivity index (χ1) is 6.68. The number of anilines is 1. The number of halogens is 1. The van der Waals surface area contributed by atoms with E-state index in [1.54, 1.807) is 0 Å². The van der Waals surface area contributed by atoms with Crippen molar-refractivity contribution >= 4 is 21.6 Å². The molecule has 0 amide bonds. The minimum atomic E-state index is -0.456. The second-order valence-corrected chi connectivity index (χ2v) is 4.86. The van der Waals surface area contributed by atoms with Crippen molar-refractivity contribution in [3.05, 3.63) is 28.7 Å². The van der Waals surface area contributed by atoms with Crippen molar-refractivity contribution in [2.75, 3.05) is 11.9 Å². The van der Waals surface area contributed by atoms with Gasteiger partial charge < -0.3 is 10.4 Å². The molecule has 1 aromatic carbocycles.